The fourth-order valence-electron chi connectivity index (χ4n) is 5.08. The highest BCUT2D eigenvalue weighted by Gasteiger charge is 2.28. The summed E-state index contributed by atoms with van der Waals surface area (Å²) in [6.45, 7) is 3.05. The van der Waals surface area contributed by atoms with Crippen LogP contribution < -0.4 is 10.0 Å². The van der Waals surface area contributed by atoms with Crippen LogP contribution in [-0.4, -0.2) is 36.7 Å². The van der Waals surface area contributed by atoms with Crippen LogP contribution in [0.25, 0.3) is 0 Å². The van der Waals surface area contributed by atoms with Crippen molar-refractivity contribution in [3.8, 4) is 0 Å². The average Bonchev–Trinajstić information content (AvgIpc) is 3.49. The summed E-state index contributed by atoms with van der Waals surface area (Å²) in [5.41, 5.74) is 5.69. The molecule has 1 atom stereocenters. The number of aryl methyl sites for hydroxylation is 3. The molecule has 1 aromatic heterocycles. The van der Waals surface area contributed by atoms with Gasteiger partial charge in [0.1, 0.15) is 5.82 Å². The Kier molecular flexibility index (Phi) is 5.26. The summed E-state index contributed by atoms with van der Waals surface area (Å²) in [4.78, 5) is 16.9. The van der Waals surface area contributed by atoms with E-state index in [-0.39, 0.29) is 11.1 Å². The number of aromatic nitrogens is 2. The summed E-state index contributed by atoms with van der Waals surface area (Å²) < 4.78 is 35.2. The normalized spacial score (nSPS) is 20.0. The Labute approximate surface area is 182 Å². The molecule has 0 saturated carbocycles. The number of amides is 2. The van der Waals surface area contributed by atoms with E-state index in [1.165, 1.54) is 17.3 Å². The molecule has 166 valence electrons. The highest BCUT2D eigenvalue weighted by molar-refractivity contribution is 7.90. The fraction of sp³-hybridized carbons (Fsp3) is 0.545. The Bertz CT molecular complexity index is 1100. The predicted octanol–water partition coefficient (Wildman–Crippen LogP) is 2.86. The van der Waals surface area contributed by atoms with E-state index in [1.807, 2.05) is 0 Å². The van der Waals surface area contributed by atoms with Gasteiger partial charge in [-0.1, -0.05) is 6.07 Å². The lowest BCUT2D eigenvalue weighted by Gasteiger charge is -2.16. The van der Waals surface area contributed by atoms with Crippen molar-refractivity contribution >= 4 is 21.7 Å². The van der Waals surface area contributed by atoms with E-state index in [4.69, 9.17) is 4.74 Å². The Morgan fingerprint density at radius 1 is 1.16 bits per heavy atom. The zero-order valence-electron chi connectivity index (χ0n) is 17.7. The number of fused-ring (bicyclic) bond motifs is 2. The molecule has 0 spiro atoms. The van der Waals surface area contributed by atoms with Gasteiger partial charge in [-0.25, -0.2) is 14.5 Å². The maximum Gasteiger partial charge on any atom is 0.333 e. The van der Waals surface area contributed by atoms with Crippen molar-refractivity contribution in [1.82, 2.24) is 14.3 Å². The molecule has 2 aromatic rings. The number of imidazole rings is 1. The molecule has 1 fully saturated rings. The van der Waals surface area contributed by atoms with Crippen molar-refractivity contribution < 1.29 is 17.9 Å². The number of sulfonamides is 1. The fourth-order valence-corrected chi connectivity index (χ4v) is 6.00. The number of nitrogens with one attached hydrogen (secondary N) is 2. The quantitative estimate of drug-likeness (QED) is 0.738. The highest BCUT2D eigenvalue weighted by atomic mass is 32.2. The smallest absolute Gasteiger partial charge is 0.333 e. The lowest BCUT2D eigenvalue weighted by atomic mass is 9.99. The molecular formula is C22H28N4O4S. The molecule has 0 radical (unpaired) electrons. The van der Waals surface area contributed by atoms with Gasteiger partial charge in [-0.2, -0.15) is 8.42 Å². The first-order valence-electron chi connectivity index (χ1n) is 11.1. The topological polar surface area (TPSA) is 102 Å². The third-order valence-electron chi connectivity index (χ3n) is 6.59. The van der Waals surface area contributed by atoms with Crippen LogP contribution in [0, 0.1) is 6.92 Å². The van der Waals surface area contributed by atoms with Crippen LogP contribution in [0.4, 0.5) is 10.5 Å². The third kappa shape index (κ3) is 3.96. The van der Waals surface area contributed by atoms with Gasteiger partial charge in [-0.05, 0) is 80.5 Å². The maximum absolute atomic E-state index is 12.8. The summed E-state index contributed by atoms with van der Waals surface area (Å²) >= 11 is 0. The second-order valence-corrected chi connectivity index (χ2v) is 10.3. The van der Waals surface area contributed by atoms with Crippen LogP contribution in [0.3, 0.4) is 0 Å². The van der Waals surface area contributed by atoms with Gasteiger partial charge in [0.05, 0.1) is 12.6 Å². The molecule has 2 N–H and O–H groups in total. The Hall–Kier alpha value is -2.39. The van der Waals surface area contributed by atoms with Gasteiger partial charge >= 0.3 is 6.03 Å². The van der Waals surface area contributed by atoms with Crippen molar-refractivity contribution in [3.63, 3.8) is 0 Å². The van der Waals surface area contributed by atoms with E-state index in [2.05, 4.69) is 21.1 Å². The molecule has 5 rings (SSSR count). The maximum atomic E-state index is 12.8. The third-order valence-corrected chi connectivity index (χ3v) is 7.79. The molecule has 2 heterocycles. The van der Waals surface area contributed by atoms with E-state index in [0.717, 1.165) is 74.8 Å². The van der Waals surface area contributed by atoms with Crippen molar-refractivity contribution in [2.45, 2.75) is 76.0 Å². The zero-order valence-corrected chi connectivity index (χ0v) is 18.6. The van der Waals surface area contributed by atoms with E-state index < -0.39 is 16.1 Å². The lowest BCUT2D eigenvalue weighted by molar-refractivity contribution is 0.0964. The van der Waals surface area contributed by atoms with Gasteiger partial charge in [0.25, 0.3) is 10.0 Å². The van der Waals surface area contributed by atoms with E-state index in [1.54, 1.807) is 11.5 Å². The SMILES string of the molecule is Cc1nc(S(=O)(=O)NC(=O)Nc2c3c(cc4c2CCC4)CCC3)cn1CC1CCCO1. The standard InChI is InChI=1S/C22H28N4O4S/c1-14-23-20(13-26(14)12-17-7-4-10-30-17)31(28,29)25-22(27)24-21-18-8-2-5-15(18)11-16-6-3-9-19(16)21/h11,13,17H,2-10,12H2,1H3,(H2,24,25,27). The van der Waals surface area contributed by atoms with Gasteiger partial charge in [0.15, 0.2) is 5.03 Å². The van der Waals surface area contributed by atoms with Crippen LogP contribution in [0.15, 0.2) is 17.3 Å². The molecule has 0 bridgehead atoms. The number of benzene rings is 1. The Morgan fingerprint density at radius 3 is 2.52 bits per heavy atom. The van der Waals surface area contributed by atoms with Gasteiger partial charge in [0.2, 0.25) is 0 Å². The molecule has 1 aliphatic heterocycles. The monoisotopic (exact) mass is 444 g/mol. The summed E-state index contributed by atoms with van der Waals surface area (Å²) in [5.74, 6) is 0.579. The molecule has 1 saturated heterocycles. The number of nitrogens with zero attached hydrogens (tertiary/aromatic N) is 2. The molecule has 2 amide bonds. The van der Waals surface area contributed by atoms with Gasteiger partial charge < -0.3 is 14.6 Å². The van der Waals surface area contributed by atoms with Gasteiger partial charge in [-0.3, -0.25) is 0 Å². The number of hydrogen-bond donors (Lipinski definition) is 2. The van der Waals surface area contributed by atoms with Crippen molar-refractivity contribution in [3.05, 3.63) is 40.3 Å². The summed E-state index contributed by atoms with van der Waals surface area (Å²) in [6, 6.07) is 1.54. The largest absolute Gasteiger partial charge is 0.376 e. The van der Waals surface area contributed by atoms with Crippen LogP contribution >= 0.6 is 0 Å². The molecular weight excluding hydrogens is 416 g/mol. The number of urea groups is 1. The van der Waals surface area contributed by atoms with Crippen LogP contribution in [-0.2, 0) is 47.0 Å². The molecule has 3 aliphatic rings. The summed E-state index contributed by atoms with van der Waals surface area (Å²) in [6.07, 6.45) is 9.49. The predicted molar refractivity (Wildman–Crippen MR) is 116 cm³/mol. The number of carbonyl (C=O) groups excluding carboxylic acids is 1. The molecule has 1 unspecified atom stereocenters. The molecule has 31 heavy (non-hydrogen) atoms. The van der Waals surface area contributed by atoms with E-state index in [9.17, 15) is 13.2 Å². The van der Waals surface area contributed by atoms with Crippen LogP contribution in [0.5, 0.6) is 0 Å². The van der Waals surface area contributed by atoms with E-state index in [0.29, 0.717) is 12.4 Å². The Morgan fingerprint density at radius 2 is 1.87 bits per heavy atom. The minimum absolute atomic E-state index is 0.0713. The molecule has 8 nitrogen and oxygen atoms in total. The van der Waals surface area contributed by atoms with Gasteiger partial charge in [0, 0.05) is 18.5 Å². The minimum atomic E-state index is -4.08. The first-order chi connectivity index (χ1) is 14.9. The van der Waals surface area contributed by atoms with Crippen LogP contribution in [0.1, 0.15) is 53.8 Å². The van der Waals surface area contributed by atoms with Crippen molar-refractivity contribution in [2.24, 2.45) is 0 Å². The zero-order chi connectivity index (χ0) is 21.6. The van der Waals surface area contributed by atoms with Gasteiger partial charge in [-0.15, -0.1) is 0 Å². The van der Waals surface area contributed by atoms with E-state index >= 15 is 0 Å². The van der Waals surface area contributed by atoms with Crippen molar-refractivity contribution in [2.75, 3.05) is 11.9 Å². The first-order valence-corrected chi connectivity index (χ1v) is 12.5. The second kappa shape index (κ2) is 7.94. The molecule has 9 heteroatoms. The highest BCUT2D eigenvalue weighted by Crippen LogP contribution is 2.38. The minimum Gasteiger partial charge on any atom is -0.376 e. The lowest BCUT2D eigenvalue weighted by Crippen LogP contribution is -2.35. The van der Waals surface area contributed by atoms with Crippen LogP contribution in [0.2, 0.25) is 0 Å². The number of anilines is 1. The average molecular weight is 445 g/mol. The first kappa shape index (κ1) is 20.5. The Balaban J connectivity index is 1.33. The molecule has 1 aromatic carbocycles. The summed E-state index contributed by atoms with van der Waals surface area (Å²) in [7, 11) is -4.08. The number of hydrogen-bond acceptors (Lipinski definition) is 5. The number of rotatable bonds is 5. The number of carbonyl (C=O) groups is 1. The molecule has 2 aliphatic carbocycles. The van der Waals surface area contributed by atoms with Crippen molar-refractivity contribution in [1.29, 1.82) is 0 Å². The number of ether oxygens (including phenoxy) is 1. The second-order valence-electron chi connectivity index (χ2n) is 8.71. The summed E-state index contributed by atoms with van der Waals surface area (Å²) in [5, 5.41) is 2.71.